The molecule has 7 nitrogen and oxygen atoms in total. The van der Waals surface area contributed by atoms with Crippen molar-refractivity contribution in [3.8, 4) is 0 Å². The Morgan fingerprint density at radius 1 is 1.07 bits per heavy atom. The molecule has 1 aliphatic rings. The zero-order valence-electron chi connectivity index (χ0n) is 16.3. The van der Waals surface area contributed by atoms with Crippen LogP contribution in [0.2, 0.25) is 0 Å². The maximum atomic E-state index is 9.10. The summed E-state index contributed by atoms with van der Waals surface area (Å²) in [5.41, 5.74) is 5.35. The lowest BCUT2D eigenvalue weighted by atomic mass is 9.88. The second kappa shape index (κ2) is 9.34. The molecule has 0 radical (unpaired) electrons. The van der Waals surface area contributed by atoms with Crippen LogP contribution in [0.5, 0.6) is 0 Å². The number of hydrogen-bond donors (Lipinski definition) is 3. The summed E-state index contributed by atoms with van der Waals surface area (Å²) in [7, 11) is 0. The van der Waals surface area contributed by atoms with E-state index < -0.39 is 11.9 Å². The molecule has 3 N–H and O–H groups in total. The second-order valence-corrected chi connectivity index (χ2v) is 6.96. The van der Waals surface area contributed by atoms with Gasteiger partial charge in [-0.15, -0.1) is 0 Å². The Bertz CT molecular complexity index is 1000. The number of fused-ring (bicyclic) bond motifs is 2. The van der Waals surface area contributed by atoms with Gasteiger partial charge in [0.1, 0.15) is 5.82 Å². The van der Waals surface area contributed by atoms with Crippen LogP contribution in [-0.4, -0.2) is 37.7 Å². The highest BCUT2D eigenvalue weighted by Gasteiger charge is 2.18. The molecule has 0 aliphatic heterocycles. The summed E-state index contributed by atoms with van der Waals surface area (Å²) in [6.07, 6.45) is 3.52. The third kappa shape index (κ3) is 5.00. The molecule has 0 spiro atoms. The third-order valence-corrected chi connectivity index (χ3v) is 5.13. The minimum absolute atomic E-state index is 0.551. The summed E-state index contributed by atoms with van der Waals surface area (Å²) in [5, 5.41) is 18.5. The average Bonchev–Trinajstić information content (AvgIpc) is 3.10. The molecule has 1 aliphatic carbocycles. The normalized spacial score (nSPS) is 15.3. The molecule has 3 aromatic rings. The van der Waals surface area contributed by atoms with Crippen LogP contribution in [0.4, 0.5) is 0 Å². The highest BCUT2D eigenvalue weighted by atomic mass is 16.4. The molecule has 2 aromatic carbocycles. The van der Waals surface area contributed by atoms with Gasteiger partial charge in [-0.25, -0.2) is 14.6 Å². The number of hydrogen-bond acceptors (Lipinski definition) is 4. The van der Waals surface area contributed by atoms with Crippen LogP contribution >= 0.6 is 0 Å². The van der Waals surface area contributed by atoms with E-state index in [-0.39, 0.29) is 0 Å². The Morgan fingerprint density at radius 3 is 2.41 bits per heavy atom. The summed E-state index contributed by atoms with van der Waals surface area (Å²) < 4.78 is 2.32. The van der Waals surface area contributed by atoms with Crippen molar-refractivity contribution < 1.29 is 19.8 Å². The first kappa shape index (κ1) is 20.5. The lowest BCUT2D eigenvalue weighted by molar-refractivity contribution is -0.159. The van der Waals surface area contributed by atoms with E-state index in [9.17, 15) is 0 Å². The van der Waals surface area contributed by atoms with Crippen molar-refractivity contribution in [1.29, 1.82) is 0 Å². The molecule has 1 heterocycles. The molecule has 152 valence electrons. The van der Waals surface area contributed by atoms with Crippen LogP contribution in [0.25, 0.3) is 11.0 Å². The summed E-state index contributed by atoms with van der Waals surface area (Å²) in [6, 6.07) is 17.8. The van der Waals surface area contributed by atoms with Gasteiger partial charge in [0.05, 0.1) is 17.6 Å². The van der Waals surface area contributed by atoms with Crippen molar-refractivity contribution in [3.63, 3.8) is 0 Å². The zero-order chi connectivity index (χ0) is 20.8. The molecule has 0 saturated carbocycles. The quantitative estimate of drug-likeness (QED) is 0.587. The van der Waals surface area contributed by atoms with E-state index in [4.69, 9.17) is 24.8 Å². The SMILES string of the molecule is CCn1c(CNC2CCc3ccccc3C2)nc2ccccc21.O=C(O)C(=O)O. The van der Waals surface area contributed by atoms with Gasteiger partial charge >= 0.3 is 11.9 Å². The lowest BCUT2D eigenvalue weighted by Gasteiger charge is -2.25. The Kier molecular flexibility index (Phi) is 6.61. The molecule has 0 amide bonds. The average molecular weight is 395 g/mol. The van der Waals surface area contributed by atoms with Gasteiger partial charge in [-0.05, 0) is 49.4 Å². The number of carbonyl (C=O) groups is 2. The summed E-state index contributed by atoms with van der Waals surface area (Å²) in [4.78, 5) is 23.0. The first-order chi connectivity index (χ1) is 14.0. The number of carboxylic acid groups (broad SMARTS) is 2. The van der Waals surface area contributed by atoms with E-state index in [1.165, 1.54) is 29.5 Å². The van der Waals surface area contributed by atoms with Gasteiger partial charge in [0.25, 0.3) is 0 Å². The van der Waals surface area contributed by atoms with Gasteiger partial charge < -0.3 is 20.1 Å². The molecule has 7 heteroatoms. The predicted octanol–water partition coefficient (Wildman–Crippen LogP) is 2.86. The summed E-state index contributed by atoms with van der Waals surface area (Å²) in [5.74, 6) is -2.50. The molecule has 29 heavy (non-hydrogen) atoms. The van der Waals surface area contributed by atoms with Crippen molar-refractivity contribution in [2.75, 3.05) is 0 Å². The molecular weight excluding hydrogens is 370 g/mol. The number of aromatic nitrogens is 2. The molecule has 0 fully saturated rings. The first-order valence-corrected chi connectivity index (χ1v) is 9.70. The van der Waals surface area contributed by atoms with Crippen molar-refractivity contribution in [3.05, 3.63) is 65.5 Å². The maximum absolute atomic E-state index is 9.10. The third-order valence-electron chi connectivity index (χ3n) is 5.13. The summed E-state index contributed by atoms with van der Waals surface area (Å²) >= 11 is 0. The van der Waals surface area contributed by atoms with E-state index in [1.807, 2.05) is 0 Å². The van der Waals surface area contributed by atoms with Gasteiger partial charge in [0.15, 0.2) is 0 Å². The number of benzene rings is 2. The van der Waals surface area contributed by atoms with E-state index in [0.29, 0.717) is 6.04 Å². The van der Waals surface area contributed by atoms with Gasteiger partial charge in [-0.1, -0.05) is 36.4 Å². The highest BCUT2D eigenvalue weighted by molar-refractivity contribution is 6.27. The minimum Gasteiger partial charge on any atom is -0.473 e. The number of carboxylic acids is 2. The van der Waals surface area contributed by atoms with E-state index in [2.05, 4.69) is 65.3 Å². The van der Waals surface area contributed by atoms with Crippen LogP contribution in [0.3, 0.4) is 0 Å². The maximum Gasteiger partial charge on any atom is 0.414 e. The van der Waals surface area contributed by atoms with E-state index >= 15 is 0 Å². The largest absolute Gasteiger partial charge is 0.473 e. The molecule has 4 rings (SSSR count). The number of imidazole rings is 1. The van der Waals surface area contributed by atoms with Crippen LogP contribution < -0.4 is 5.32 Å². The fourth-order valence-corrected chi connectivity index (χ4v) is 3.72. The van der Waals surface area contributed by atoms with Gasteiger partial charge in [0.2, 0.25) is 0 Å². The molecule has 0 bridgehead atoms. The van der Waals surface area contributed by atoms with Gasteiger partial charge in [-0.2, -0.15) is 0 Å². The Labute approximate surface area is 169 Å². The Balaban J connectivity index is 0.000000353. The molecular formula is C22H25N3O4. The standard InChI is InChI=1S/C20H23N3.C2H2O4/c1-2-23-19-10-6-5-9-18(19)22-20(23)14-21-17-12-11-15-7-3-4-8-16(15)13-17;3-1(4)2(5)6/h3-10,17,21H,2,11-14H2,1H3;(H,3,4)(H,5,6). The monoisotopic (exact) mass is 395 g/mol. The van der Waals surface area contributed by atoms with Crippen LogP contribution in [0, 0.1) is 0 Å². The van der Waals surface area contributed by atoms with Crippen molar-refractivity contribution in [2.45, 2.75) is 45.3 Å². The molecule has 1 atom stereocenters. The Hall–Kier alpha value is -3.19. The minimum atomic E-state index is -1.82. The number of para-hydroxylation sites is 2. The number of aryl methyl sites for hydroxylation is 2. The first-order valence-electron chi connectivity index (χ1n) is 9.70. The number of nitrogens with zero attached hydrogens (tertiary/aromatic N) is 2. The van der Waals surface area contributed by atoms with E-state index in [0.717, 1.165) is 30.9 Å². The van der Waals surface area contributed by atoms with Crippen molar-refractivity contribution in [1.82, 2.24) is 14.9 Å². The molecule has 1 unspecified atom stereocenters. The van der Waals surface area contributed by atoms with Crippen LogP contribution in [-0.2, 0) is 35.5 Å². The fraction of sp³-hybridized carbons (Fsp3) is 0.318. The molecule has 1 aromatic heterocycles. The predicted molar refractivity (Wildman–Crippen MR) is 110 cm³/mol. The highest BCUT2D eigenvalue weighted by Crippen LogP contribution is 2.22. The number of aliphatic carboxylic acids is 2. The lowest BCUT2D eigenvalue weighted by Crippen LogP contribution is -2.34. The zero-order valence-corrected chi connectivity index (χ0v) is 16.3. The van der Waals surface area contributed by atoms with Crippen molar-refractivity contribution >= 4 is 23.0 Å². The fourth-order valence-electron chi connectivity index (χ4n) is 3.72. The topological polar surface area (TPSA) is 104 Å². The molecule has 0 saturated heterocycles. The number of nitrogens with one attached hydrogen (secondary N) is 1. The summed E-state index contributed by atoms with van der Waals surface area (Å²) in [6.45, 7) is 3.99. The van der Waals surface area contributed by atoms with E-state index in [1.54, 1.807) is 0 Å². The Morgan fingerprint density at radius 2 is 1.72 bits per heavy atom. The van der Waals surface area contributed by atoms with Crippen molar-refractivity contribution in [2.24, 2.45) is 0 Å². The smallest absolute Gasteiger partial charge is 0.414 e. The number of rotatable bonds is 4. The van der Waals surface area contributed by atoms with Crippen LogP contribution in [0.15, 0.2) is 48.5 Å². The van der Waals surface area contributed by atoms with Gasteiger partial charge in [-0.3, -0.25) is 0 Å². The van der Waals surface area contributed by atoms with Gasteiger partial charge in [0, 0.05) is 12.6 Å². The second-order valence-electron chi connectivity index (χ2n) is 6.96. The van der Waals surface area contributed by atoms with Crippen LogP contribution in [0.1, 0.15) is 30.3 Å².